The van der Waals surface area contributed by atoms with Gasteiger partial charge in [-0.1, -0.05) is 333 Å². The molecule has 400 valence electrons. The van der Waals surface area contributed by atoms with Gasteiger partial charge in [-0.25, -0.2) is 9.59 Å². The minimum Gasteiger partial charge on any atom is -0.478 e. The number of aliphatic carboxylic acids is 2. The van der Waals surface area contributed by atoms with Gasteiger partial charge in [0.2, 0.25) is 0 Å². The predicted octanol–water partition coefficient (Wildman–Crippen LogP) is 22.7. The van der Waals surface area contributed by atoms with Gasteiger partial charge in [0, 0.05) is 12.2 Å². The normalized spacial score (nSPS) is 11.9. The average molecular weight is 954 g/mol. The highest BCUT2D eigenvalue weighted by molar-refractivity contribution is 5.79. The van der Waals surface area contributed by atoms with Crippen LogP contribution in [0.15, 0.2) is 36.5 Å². The maximum Gasteiger partial charge on any atom is 0.327 e. The number of carbonyl (C=O) groups is 2. The first-order chi connectivity index (χ1) is 33.6. The Kier molecular flexibility index (Phi) is 59.6. The number of carboxylic acids is 2. The lowest BCUT2D eigenvalue weighted by Gasteiger charge is -2.05. The molecule has 0 aromatic rings. The third-order valence-corrected chi connectivity index (χ3v) is 14.7. The van der Waals surface area contributed by atoms with E-state index in [0.29, 0.717) is 0 Å². The zero-order valence-electron chi connectivity index (χ0n) is 45.8. The molecule has 0 bridgehead atoms. The molecule has 0 fully saturated rings. The van der Waals surface area contributed by atoms with Crippen LogP contribution in [-0.2, 0) is 9.59 Å². The zero-order valence-corrected chi connectivity index (χ0v) is 45.8. The van der Waals surface area contributed by atoms with Crippen LogP contribution >= 0.6 is 0 Å². The molecule has 0 unspecified atom stereocenters. The molecule has 4 heteroatoms. The van der Waals surface area contributed by atoms with E-state index < -0.39 is 11.9 Å². The highest BCUT2D eigenvalue weighted by atomic mass is 16.4. The summed E-state index contributed by atoms with van der Waals surface area (Å²) in [7, 11) is 0. The van der Waals surface area contributed by atoms with E-state index in [4.69, 9.17) is 10.2 Å². The fraction of sp³-hybridized carbons (Fsp3) is 0.875. The van der Waals surface area contributed by atoms with Crippen LogP contribution in [-0.4, -0.2) is 22.2 Å². The van der Waals surface area contributed by atoms with Gasteiger partial charge in [-0.15, -0.1) is 0 Å². The van der Waals surface area contributed by atoms with Crippen LogP contribution < -0.4 is 0 Å². The van der Waals surface area contributed by atoms with Gasteiger partial charge in [0.15, 0.2) is 0 Å². The number of unbranched alkanes of at least 4 members (excludes halogenated alkanes) is 54. The van der Waals surface area contributed by atoms with Crippen molar-refractivity contribution in [2.45, 2.75) is 360 Å². The van der Waals surface area contributed by atoms with Gasteiger partial charge in [-0.2, -0.15) is 0 Å². The van der Waals surface area contributed by atoms with Crippen molar-refractivity contribution >= 4 is 11.9 Å². The highest BCUT2D eigenvalue weighted by Crippen LogP contribution is 2.19. The summed E-state index contributed by atoms with van der Waals surface area (Å²) in [4.78, 5) is 20.9. The predicted molar refractivity (Wildman–Crippen MR) is 301 cm³/mol. The Morgan fingerprint density at radius 3 is 0.397 bits per heavy atom. The van der Waals surface area contributed by atoms with Crippen LogP contribution in [0.5, 0.6) is 0 Å². The lowest BCUT2D eigenvalue weighted by molar-refractivity contribution is -0.132. The lowest BCUT2D eigenvalue weighted by Crippen LogP contribution is -1.86. The first-order valence-electron chi connectivity index (χ1n) is 31.1. The number of allylic oxidation sites excluding steroid dienone is 4. The topological polar surface area (TPSA) is 74.6 Å². The summed E-state index contributed by atoms with van der Waals surface area (Å²) in [6.45, 7) is 0. The van der Waals surface area contributed by atoms with Gasteiger partial charge < -0.3 is 10.2 Å². The summed E-state index contributed by atoms with van der Waals surface area (Å²) >= 11 is 0. The Balaban J connectivity index is 3.11. The molecule has 0 heterocycles. The number of hydrogen-bond donors (Lipinski definition) is 2. The van der Waals surface area contributed by atoms with E-state index in [1.54, 1.807) is 12.2 Å². The molecule has 0 saturated carbocycles. The molecule has 0 saturated heterocycles. The molecule has 4 nitrogen and oxygen atoms in total. The summed E-state index contributed by atoms with van der Waals surface area (Å²) < 4.78 is 0. The van der Waals surface area contributed by atoms with Crippen molar-refractivity contribution in [3.05, 3.63) is 36.5 Å². The van der Waals surface area contributed by atoms with Crippen LogP contribution in [0, 0.1) is 0 Å². The Bertz CT molecular complexity index is 1060. The van der Waals surface area contributed by atoms with E-state index in [1.807, 2.05) is 0 Å². The zero-order chi connectivity index (χ0) is 49.0. The van der Waals surface area contributed by atoms with Crippen molar-refractivity contribution in [1.29, 1.82) is 0 Å². The van der Waals surface area contributed by atoms with Crippen molar-refractivity contribution in [2.75, 3.05) is 0 Å². The number of hydrogen-bond acceptors (Lipinski definition) is 2. The Labute approximate surface area is 426 Å². The second kappa shape index (κ2) is 61.3. The van der Waals surface area contributed by atoms with E-state index in [9.17, 15) is 9.59 Å². The molecular weight excluding hydrogens is 833 g/mol. The molecule has 0 aromatic carbocycles. The maximum atomic E-state index is 10.4. The van der Waals surface area contributed by atoms with Gasteiger partial charge in [-0.3, -0.25) is 0 Å². The highest BCUT2D eigenvalue weighted by Gasteiger charge is 2.00. The summed E-state index contributed by atoms with van der Waals surface area (Å²) in [6.07, 6.45) is 88.9. The second-order valence-corrected chi connectivity index (χ2v) is 21.5. The van der Waals surface area contributed by atoms with Gasteiger partial charge >= 0.3 is 11.9 Å². The van der Waals surface area contributed by atoms with Crippen LogP contribution in [0.2, 0.25) is 0 Å². The molecule has 0 rings (SSSR count). The first-order valence-corrected chi connectivity index (χ1v) is 31.1. The third-order valence-electron chi connectivity index (χ3n) is 14.7. The van der Waals surface area contributed by atoms with E-state index in [1.165, 1.54) is 346 Å². The summed E-state index contributed by atoms with van der Waals surface area (Å²) in [5.41, 5.74) is 0. The Hall–Kier alpha value is -1.84. The van der Waals surface area contributed by atoms with Crippen molar-refractivity contribution in [2.24, 2.45) is 0 Å². The molecule has 0 spiro atoms. The quantitative estimate of drug-likeness (QED) is 0.0362. The summed E-state index contributed by atoms with van der Waals surface area (Å²) in [5.74, 6) is -1.67. The summed E-state index contributed by atoms with van der Waals surface area (Å²) in [5, 5.41) is 17.2. The van der Waals surface area contributed by atoms with E-state index in [-0.39, 0.29) is 0 Å². The minimum absolute atomic E-state index is 0.829. The lowest BCUT2D eigenvalue weighted by atomic mass is 10.0. The molecule has 0 atom stereocenters. The van der Waals surface area contributed by atoms with Gasteiger partial charge in [0.1, 0.15) is 0 Å². The van der Waals surface area contributed by atoms with Crippen LogP contribution in [0.4, 0.5) is 0 Å². The van der Waals surface area contributed by atoms with Gasteiger partial charge in [0.25, 0.3) is 0 Å². The minimum atomic E-state index is -0.837. The van der Waals surface area contributed by atoms with Crippen LogP contribution in [0.1, 0.15) is 360 Å². The van der Waals surface area contributed by atoms with E-state index >= 15 is 0 Å². The van der Waals surface area contributed by atoms with Crippen LogP contribution in [0.3, 0.4) is 0 Å². The SMILES string of the molecule is O=C(O)C=CCCCCCCC=CCCCCCCCCCCCCCCCCCCCCCCCCCCCCCCCCCCCCCCCCCCCCCCCCCCC=CC(=O)O. The molecule has 0 aliphatic rings. The number of carboxylic acid groups (broad SMARTS) is 2. The average Bonchev–Trinajstić information content (AvgIpc) is 3.33. The summed E-state index contributed by atoms with van der Waals surface area (Å²) in [6, 6.07) is 0. The standard InChI is InChI=1S/C64H120O4/c65-63(66)61-59-57-55-53-51-49-47-45-43-41-39-37-35-33-31-29-27-25-23-21-19-17-15-13-11-9-7-5-3-1-2-4-6-8-10-12-14-16-18-20-22-24-26-28-30-32-34-36-38-40-42-44-46-48-50-52-54-56-58-60-62-64(67)68/h43,45,59-62H,1-42,44,46-58H2,(H,65,66)(H,67,68). The van der Waals surface area contributed by atoms with Crippen molar-refractivity contribution < 1.29 is 19.8 Å². The van der Waals surface area contributed by atoms with Crippen molar-refractivity contribution in [1.82, 2.24) is 0 Å². The van der Waals surface area contributed by atoms with Gasteiger partial charge in [-0.05, 0) is 51.4 Å². The monoisotopic (exact) mass is 953 g/mol. The second-order valence-electron chi connectivity index (χ2n) is 21.5. The molecule has 0 aliphatic heterocycles. The molecule has 68 heavy (non-hydrogen) atoms. The molecule has 0 amide bonds. The fourth-order valence-corrected chi connectivity index (χ4v) is 10.1. The van der Waals surface area contributed by atoms with Crippen molar-refractivity contribution in [3.63, 3.8) is 0 Å². The first kappa shape index (κ1) is 66.2. The Morgan fingerprint density at radius 2 is 0.279 bits per heavy atom. The molecule has 2 N–H and O–H groups in total. The van der Waals surface area contributed by atoms with E-state index in [0.717, 1.165) is 25.7 Å². The van der Waals surface area contributed by atoms with E-state index in [2.05, 4.69) is 12.2 Å². The van der Waals surface area contributed by atoms with Crippen molar-refractivity contribution in [3.8, 4) is 0 Å². The molecule has 0 aliphatic carbocycles. The fourth-order valence-electron chi connectivity index (χ4n) is 10.1. The number of rotatable bonds is 60. The maximum absolute atomic E-state index is 10.4. The molecule has 0 radical (unpaired) electrons. The van der Waals surface area contributed by atoms with Crippen LogP contribution in [0.25, 0.3) is 0 Å². The largest absolute Gasteiger partial charge is 0.478 e. The Morgan fingerprint density at radius 1 is 0.176 bits per heavy atom. The smallest absolute Gasteiger partial charge is 0.327 e. The molecule has 0 aromatic heterocycles. The molecular formula is C64H120O4. The van der Waals surface area contributed by atoms with Gasteiger partial charge in [0.05, 0.1) is 0 Å². The third kappa shape index (κ3) is 64.2.